The molecule has 1 aromatic rings. The maximum atomic E-state index is 10.6. The minimum atomic E-state index is -0.812. The molecule has 0 aromatic carbocycles. The molecule has 1 heterocycles. The van der Waals surface area contributed by atoms with Crippen molar-refractivity contribution < 1.29 is 9.90 Å². The molecule has 4 nitrogen and oxygen atoms in total. The van der Waals surface area contributed by atoms with Gasteiger partial charge in [-0.05, 0) is 31.2 Å². The van der Waals surface area contributed by atoms with Crippen molar-refractivity contribution in [3.8, 4) is 0 Å². The zero-order valence-electron chi connectivity index (χ0n) is 8.32. The number of nitrogens with one attached hydrogen (secondary N) is 1. The molecule has 0 saturated heterocycles. The summed E-state index contributed by atoms with van der Waals surface area (Å²) < 4.78 is 0. The zero-order chi connectivity index (χ0) is 10.6. The van der Waals surface area contributed by atoms with Crippen molar-refractivity contribution in [2.45, 2.75) is 19.4 Å². The third kappa shape index (κ3) is 2.53. The molecule has 1 aromatic heterocycles. The highest BCUT2D eigenvalue weighted by Crippen LogP contribution is 2.18. The Morgan fingerprint density at radius 2 is 2.43 bits per heavy atom. The Morgan fingerprint density at radius 3 is 2.93 bits per heavy atom. The maximum absolute atomic E-state index is 10.6. The Bertz CT molecular complexity index is 326. The van der Waals surface area contributed by atoms with E-state index in [0.717, 1.165) is 11.1 Å². The number of hydrogen-bond donors (Lipinski definition) is 2. The number of rotatable bonds is 4. The second kappa shape index (κ2) is 4.72. The van der Waals surface area contributed by atoms with Gasteiger partial charge < -0.3 is 10.4 Å². The third-order valence-corrected chi connectivity index (χ3v) is 2.18. The van der Waals surface area contributed by atoms with Gasteiger partial charge in [-0.15, -0.1) is 0 Å². The first-order valence-electron chi connectivity index (χ1n) is 4.44. The minimum Gasteiger partial charge on any atom is -0.481 e. The standard InChI is InChI=1S/C10H14N2O2/c1-7-3-4-12-6-8(7)9(11-2)5-10(13)14/h3-4,6,9,11H,5H2,1-2H3,(H,13,14). The first kappa shape index (κ1) is 10.7. The van der Waals surface area contributed by atoms with Crippen LogP contribution in [0.5, 0.6) is 0 Å². The van der Waals surface area contributed by atoms with E-state index in [1.807, 2.05) is 13.0 Å². The lowest BCUT2D eigenvalue weighted by Gasteiger charge is -2.15. The molecule has 0 amide bonds. The number of nitrogens with zero attached hydrogens (tertiary/aromatic N) is 1. The molecule has 0 saturated carbocycles. The van der Waals surface area contributed by atoms with Crippen LogP contribution in [0.25, 0.3) is 0 Å². The summed E-state index contributed by atoms with van der Waals surface area (Å²) in [6, 6.07) is 1.71. The van der Waals surface area contributed by atoms with Crippen LogP contribution in [0, 0.1) is 6.92 Å². The first-order chi connectivity index (χ1) is 6.65. The molecule has 0 aliphatic heterocycles. The molecule has 14 heavy (non-hydrogen) atoms. The molecular formula is C10H14N2O2. The van der Waals surface area contributed by atoms with Gasteiger partial charge in [0.1, 0.15) is 0 Å². The Kier molecular flexibility index (Phi) is 3.59. The van der Waals surface area contributed by atoms with E-state index in [0.29, 0.717) is 0 Å². The normalized spacial score (nSPS) is 12.4. The van der Waals surface area contributed by atoms with E-state index in [9.17, 15) is 4.79 Å². The predicted molar refractivity (Wildman–Crippen MR) is 53.0 cm³/mol. The smallest absolute Gasteiger partial charge is 0.305 e. The quantitative estimate of drug-likeness (QED) is 0.754. The molecule has 2 N–H and O–H groups in total. The van der Waals surface area contributed by atoms with Crippen molar-refractivity contribution >= 4 is 5.97 Å². The highest BCUT2D eigenvalue weighted by atomic mass is 16.4. The fourth-order valence-electron chi connectivity index (χ4n) is 1.38. The molecule has 0 fully saturated rings. The summed E-state index contributed by atoms with van der Waals surface area (Å²) in [7, 11) is 1.75. The summed E-state index contributed by atoms with van der Waals surface area (Å²) in [5.41, 5.74) is 2.00. The number of carbonyl (C=O) groups is 1. The lowest BCUT2D eigenvalue weighted by Crippen LogP contribution is -2.20. The minimum absolute atomic E-state index is 0.0725. The van der Waals surface area contributed by atoms with Gasteiger partial charge in [0.25, 0.3) is 0 Å². The number of aromatic nitrogens is 1. The first-order valence-corrected chi connectivity index (χ1v) is 4.44. The zero-order valence-corrected chi connectivity index (χ0v) is 8.32. The number of carboxylic acids is 1. The van der Waals surface area contributed by atoms with Crippen LogP contribution in [0.15, 0.2) is 18.5 Å². The van der Waals surface area contributed by atoms with Crippen LogP contribution in [0.3, 0.4) is 0 Å². The van der Waals surface area contributed by atoms with Gasteiger partial charge in [0.05, 0.1) is 6.42 Å². The van der Waals surface area contributed by atoms with Gasteiger partial charge in [-0.1, -0.05) is 0 Å². The maximum Gasteiger partial charge on any atom is 0.305 e. The van der Waals surface area contributed by atoms with E-state index in [1.165, 1.54) is 0 Å². The van der Waals surface area contributed by atoms with Crippen LogP contribution in [0.1, 0.15) is 23.6 Å². The lowest BCUT2D eigenvalue weighted by atomic mass is 10.0. The molecule has 0 aliphatic rings. The fourth-order valence-corrected chi connectivity index (χ4v) is 1.38. The van der Waals surface area contributed by atoms with E-state index >= 15 is 0 Å². The van der Waals surface area contributed by atoms with E-state index in [1.54, 1.807) is 19.4 Å². The van der Waals surface area contributed by atoms with E-state index in [4.69, 9.17) is 5.11 Å². The van der Waals surface area contributed by atoms with E-state index in [2.05, 4.69) is 10.3 Å². The molecule has 4 heteroatoms. The number of carboxylic acid groups (broad SMARTS) is 1. The average molecular weight is 194 g/mol. The second-order valence-electron chi connectivity index (χ2n) is 3.17. The lowest BCUT2D eigenvalue weighted by molar-refractivity contribution is -0.137. The van der Waals surface area contributed by atoms with Gasteiger partial charge in [-0.3, -0.25) is 9.78 Å². The molecule has 1 rings (SSSR count). The summed E-state index contributed by atoms with van der Waals surface area (Å²) in [5, 5.41) is 11.7. The summed E-state index contributed by atoms with van der Waals surface area (Å²) in [5.74, 6) is -0.812. The summed E-state index contributed by atoms with van der Waals surface area (Å²) in [4.78, 5) is 14.6. The second-order valence-corrected chi connectivity index (χ2v) is 3.17. The van der Waals surface area contributed by atoms with Crippen molar-refractivity contribution in [2.24, 2.45) is 0 Å². The van der Waals surface area contributed by atoms with Crippen LogP contribution in [0.4, 0.5) is 0 Å². The Balaban J connectivity index is 2.89. The van der Waals surface area contributed by atoms with Gasteiger partial charge in [-0.25, -0.2) is 0 Å². The monoisotopic (exact) mass is 194 g/mol. The van der Waals surface area contributed by atoms with Gasteiger partial charge in [0, 0.05) is 18.4 Å². The van der Waals surface area contributed by atoms with Gasteiger partial charge in [0.2, 0.25) is 0 Å². The highest BCUT2D eigenvalue weighted by molar-refractivity contribution is 5.68. The molecule has 0 radical (unpaired) electrons. The van der Waals surface area contributed by atoms with E-state index in [-0.39, 0.29) is 12.5 Å². The average Bonchev–Trinajstić information content (AvgIpc) is 2.15. The SMILES string of the molecule is CNC(CC(=O)O)c1cnccc1C. The Morgan fingerprint density at radius 1 is 1.71 bits per heavy atom. The molecule has 1 atom stereocenters. The van der Waals surface area contributed by atoms with Crippen LogP contribution in [-0.2, 0) is 4.79 Å². The van der Waals surface area contributed by atoms with Crippen LogP contribution in [-0.4, -0.2) is 23.1 Å². The van der Waals surface area contributed by atoms with Crippen molar-refractivity contribution in [3.05, 3.63) is 29.6 Å². The number of pyridine rings is 1. The molecule has 76 valence electrons. The van der Waals surface area contributed by atoms with Crippen molar-refractivity contribution in [2.75, 3.05) is 7.05 Å². The number of aliphatic carboxylic acids is 1. The van der Waals surface area contributed by atoms with Gasteiger partial charge in [0.15, 0.2) is 0 Å². The summed E-state index contributed by atoms with van der Waals surface area (Å²) >= 11 is 0. The molecule has 0 aliphatic carbocycles. The van der Waals surface area contributed by atoms with Gasteiger partial charge >= 0.3 is 5.97 Å². The summed E-state index contributed by atoms with van der Waals surface area (Å²) in [6.45, 7) is 1.95. The number of hydrogen-bond acceptors (Lipinski definition) is 3. The third-order valence-electron chi connectivity index (χ3n) is 2.18. The molecule has 0 spiro atoms. The largest absolute Gasteiger partial charge is 0.481 e. The van der Waals surface area contributed by atoms with Crippen molar-refractivity contribution in [3.63, 3.8) is 0 Å². The Labute approximate surface area is 83.0 Å². The number of aryl methyl sites for hydroxylation is 1. The van der Waals surface area contributed by atoms with Crippen LogP contribution >= 0.6 is 0 Å². The molecule has 0 bridgehead atoms. The van der Waals surface area contributed by atoms with Crippen molar-refractivity contribution in [1.82, 2.24) is 10.3 Å². The topological polar surface area (TPSA) is 62.2 Å². The highest BCUT2D eigenvalue weighted by Gasteiger charge is 2.14. The fraction of sp³-hybridized carbons (Fsp3) is 0.400. The van der Waals surface area contributed by atoms with Crippen LogP contribution < -0.4 is 5.32 Å². The Hall–Kier alpha value is -1.42. The molecule has 1 unspecified atom stereocenters. The summed E-state index contributed by atoms with van der Waals surface area (Å²) in [6.07, 6.45) is 3.48. The van der Waals surface area contributed by atoms with E-state index < -0.39 is 5.97 Å². The predicted octanol–water partition coefficient (Wildman–Crippen LogP) is 1.13. The van der Waals surface area contributed by atoms with Gasteiger partial charge in [-0.2, -0.15) is 0 Å². The van der Waals surface area contributed by atoms with Crippen LogP contribution in [0.2, 0.25) is 0 Å². The molecular weight excluding hydrogens is 180 g/mol. The van der Waals surface area contributed by atoms with Crippen molar-refractivity contribution in [1.29, 1.82) is 0 Å².